The van der Waals surface area contributed by atoms with Crippen molar-refractivity contribution in [2.45, 2.75) is 51.1 Å². The van der Waals surface area contributed by atoms with Crippen LogP contribution in [0, 0.1) is 23.7 Å². The monoisotopic (exact) mass is 317 g/mol. The molecule has 23 heavy (non-hydrogen) atoms. The Morgan fingerprint density at radius 3 is 2.39 bits per heavy atom. The molecule has 6 heteroatoms. The molecule has 1 aromatic heterocycles. The van der Waals surface area contributed by atoms with Gasteiger partial charge in [0.15, 0.2) is 0 Å². The fourth-order valence-corrected chi connectivity index (χ4v) is 5.29. The number of nitrogens with one attached hydrogen (secondary N) is 1. The third-order valence-corrected chi connectivity index (χ3v) is 6.15. The maximum Gasteiger partial charge on any atom is 0.328 e. The Morgan fingerprint density at radius 1 is 1.22 bits per heavy atom. The number of carboxylic acid groups (broad SMARTS) is 1. The van der Waals surface area contributed by atoms with Gasteiger partial charge in [-0.05, 0) is 68.8 Å². The maximum absolute atomic E-state index is 12.7. The van der Waals surface area contributed by atoms with Gasteiger partial charge in [0.2, 0.25) is 0 Å². The second kappa shape index (κ2) is 5.35. The molecule has 124 valence electrons. The molecule has 2 N–H and O–H groups in total. The Balaban J connectivity index is 1.51. The molecule has 1 unspecified atom stereocenters. The molecule has 4 aliphatic carbocycles. The summed E-state index contributed by atoms with van der Waals surface area (Å²) in [6, 6.07) is 1.01. The molecule has 0 aliphatic heterocycles. The molecule has 0 radical (unpaired) electrons. The lowest BCUT2D eigenvalue weighted by atomic mass is 9.54. The number of hydrogen-bond donors (Lipinski definition) is 2. The van der Waals surface area contributed by atoms with Gasteiger partial charge in [-0.3, -0.25) is 4.79 Å². The van der Waals surface area contributed by atoms with E-state index in [4.69, 9.17) is 5.11 Å². The Labute approximate surface area is 135 Å². The Hall–Kier alpha value is -1.85. The molecule has 1 amide bonds. The molecule has 5 rings (SSSR count). The molecular weight excluding hydrogens is 294 g/mol. The number of nitrogens with zero attached hydrogens (tertiary/aromatic N) is 2. The van der Waals surface area contributed by atoms with Gasteiger partial charge < -0.3 is 10.4 Å². The van der Waals surface area contributed by atoms with Crippen LogP contribution in [-0.2, 0) is 4.79 Å². The molecule has 1 heterocycles. The highest BCUT2D eigenvalue weighted by Crippen LogP contribution is 2.53. The van der Waals surface area contributed by atoms with Gasteiger partial charge in [0.1, 0.15) is 11.7 Å². The second-order valence-electron chi connectivity index (χ2n) is 7.61. The van der Waals surface area contributed by atoms with Crippen molar-refractivity contribution in [1.82, 2.24) is 15.1 Å². The molecule has 4 aliphatic rings. The van der Waals surface area contributed by atoms with Crippen LogP contribution in [-0.4, -0.2) is 32.8 Å². The van der Waals surface area contributed by atoms with E-state index in [1.165, 1.54) is 49.9 Å². The lowest BCUT2D eigenvalue weighted by Crippen LogP contribution is -2.56. The van der Waals surface area contributed by atoms with Crippen molar-refractivity contribution in [1.29, 1.82) is 0 Å². The van der Waals surface area contributed by atoms with Crippen LogP contribution < -0.4 is 5.32 Å². The molecular formula is C17H23N3O3. The summed E-state index contributed by atoms with van der Waals surface area (Å²) in [5.41, 5.74) is 0.341. The van der Waals surface area contributed by atoms with Crippen LogP contribution in [0.3, 0.4) is 0 Å². The SMILES string of the molecule is CC(C(=O)O)n1nccc1C(=O)NC1C2CC3CC(C2)CC1C3. The van der Waals surface area contributed by atoms with Crippen LogP contribution in [0.4, 0.5) is 0 Å². The molecule has 1 aromatic rings. The number of amides is 1. The summed E-state index contributed by atoms with van der Waals surface area (Å²) in [5.74, 6) is 1.75. The number of rotatable bonds is 4. The fourth-order valence-electron chi connectivity index (χ4n) is 5.29. The molecule has 4 saturated carbocycles. The van der Waals surface area contributed by atoms with E-state index in [-0.39, 0.29) is 11.9 Å². The van der Waals surface area contributed by atoms with Gasteiger partial charge in [-0.1, -0.05) is 0 Å². The van der Waals surface area contributed by atoms with E-state index in [0.29, 0.717) is 17.5 Å². The third-order valence-electron chi connectivity index (χ3n) is 6.15. The van der Waals surface area contributed by atoms with Gasteiger partial charge in [0, 0.05) is 12.2 Å². The van der Waals surface area contributed by atoms with Crippen LogP contribution >= 0.6 is 0 Å². The predicted molar refractivity (Wildman–Crippen MR) is 82.9 cm³/mol. The average Bonchev–Trinajstić information content (AvgIpc) is 2.98. The highest BCUT2D eigenvalue weighted by atomic mass is 16.4. The van der Waals surface area contributed by atoms with E-state index in [1.807, 2.05) is 0 Å². The average molecular weight is 317 g/mol. The first kappa shape index (κ1) is 14.7. The van der Waals surface area contributed by atoms with Gasteiger partial charge in [0.05, 0.1) is 0 Å². The largest absolute Gasteiger partial charge is 0.480 e. The van der Waals surface area contributed by atoms with Crippen LogP contribution in [0.1, 0.15) is 55.6 Å². The number of hydrogen-bond acceptors (Lipinski definition) is 3. The zero-order valence-corrected chi connectivity index (χ0v) is 13.3. The normalized spacial score (nSPS) is 36.0. The molecule has 4 fully saturated rings. The van der Waals surface area contributed by atoms with Crippen molar-refractivity contribution in [3.05, 3.63) is 18.0 Å². The number of carboxylic acids is 1. The molecule has 0 saturated heterocycles. The van der Waals surface area contributed by atoms with E-state index in [0.717, 1.165) is 11.8 Å². The minimum Gasteiger partial charge on any atom is -0.480 e. The van der Waals surface area contributed by atoms with Crippen molar-refractivity contribution in [3.8, 4) is 0 Å². The first-order chi connectivity index (χ1) is 11.0. The molecule has 0 aromatic carbocycles. The van der Waals surface area contributed by atoms with Gasteiger partial charge >= 0.3 is 5.97 Å². The van der Waals surface area contributed by atoms with Gasteiger partial charge in [-0.2, -0.15) is 5.10 Å². The summed E-state index contributed by atoms with van der Waals surface area (Å²) in [6.07, 6.45) is 7.83. The topological polar surface area (TPSA) is 84.2 Å². The van der Waals surface area contributed by atoms with Crippen LogP contribution in [0.5, 0.6) is 0 Å². The molecule has 0 spiro atoms. The summed E-state index contributed by atoms with van der Waals surface area (Å²) in [7, 11) is 0. The third kappa shape index (κ3) is 2.44. The summed E-state index contributed by atoms with van der Waals surface area (Å²) in [6.45, 7) is 1.54. The van der Waals surface area contributed by atoms with Crippen LogP contribution in [0.25, 0.3) is 0 Å². The van der Waals surface area contributed by atoms with E-state index in [2.05, 4.69) is 10.4 Å². The van der Waals surface area contributed by atoms with Crippen molar-refractivity contribution in [2.75, 3.05) is 0 Å². The molecule has 6 nitrogen and oxygen atoms in total. The van der Waals surface area contributed by atoms with E-state index in [1.54, 1.807) is 6.07 Å². The second-order valence-corrected chi connectivity index (χ2v) is 7.61. The number of aliphatic carboxylic acids is 1. The van der Waals surface area contributed by atoms with E-state index >= 15 is 0 Å². The van der Waals surface area contributed by atoms with Gasteiger partial charge in [-0.25, -0.2) is 9.48 Å². The first-order valence-corrected chi connectivity index (χ1v) is 8.60. The molecule has 1 atom stereocenters. The minimum absolute atomic E-state index is 0.187. The lowest BCUT2D eigenvalue weighted by molar-refractivity contribution is -0.140. The van der Waals surface area contributed by atoms with E-state index < -0.39 is 12.0 Å². The fraction of sp³-hybridized carbons (Fsp3) is 0.706. The number of aromatic nitrogens is 2. The summed E-state index contributed by atoms with van der Waals surface area (Å²) in [5, 5.41) is 16.4. The van der Waals surface area contributed by atoms with Gasteiger partial charge in [0.25, 0.3) is 5.91 Å². The zero-order chi connectivity index (χ0) is 16.1. The standard InChI is InChI=1S/C17H23N3O3/c1-9(17(22)23)20-14(2-3-18-20)16(21)19-15-12-5-10-4-11(7-12)8-13(15)6-10/h2-3,9-13,15H,4-8H2,1H3,(H,19,21)(H,22,23). The maximum atomic E-state index is 12.7. The van der Waals surface area contributed by atoms with E-state index in [9.17, 15) is 9.59 Å². The summed E-state index contributed by atoms with van der Waals surface area (Å²) < 4.78 is 1.30. The predicted octanol–water partition coefficient (Wildman–Crippen LogP) is 2.08. The minimum atomic E-state index is -0.989. The molecule has 4 bridgehead atoms. The smallest absolute Gasteiger partial charge is 0.328 e. The quantitative estimate of drug-likeness (QED) is 0.890. The van der Waals surface area contributed by atoms with Crippen LogP contribution in [0.2, 0.25) is 0 Å². The summed E-state index contributed by atoms with van der Waals surface area (Å²) >= 11 is 0. The highest BCUT2D eigenvalue weighted by molar-refractivity contribution is 5.93. The van der Waals surface area contributed by atoms with Crippen molar-refractivity contribution in [2.24, 2.45) is 23.7 Å². The first-order valence-electron chi connectivity index (χ1n) is 8.60. The van der Waals surface area contributed by atoms with Gasteiger partial charge in [-0.15, -0.1) is 0 Å². The van der Waals surface area contributed by atoms with Crippen molar-refractivity contribution < 1.29 is 14.7 Å². The zero-order valence-electron chi connectivity index (χ0n) is 13.3. The van der Waals surface area contributed by atoms with Crippen LogP contribution in [0.15, 0.2) is 12.3 Å². The number of carbonyl (C=O) groups is 2. The van der Waals surface area contributed by atoms with Crippen molar-refractivity contribution in [3.63, 3.8) is 0 Å². The Bertz CT molecular complexity index is 611. The Kier molecular flexibility index (Phi) is 3.43. The Morgan fingerprint density at radius 2 is 1.83 bits per heavy atom. The number of carbonyl (C=O) groups excluding carboxylic acids is 1. The summed E-state index contributed by atoms with van der Waals surface area (Å²) in [4.78, 5) is 23.9. The highest BCUT2D eigenvalue weighted by Gasteiger charge is 2.48. The van der Waals surface area contributed by atoms with Crippen molar-refractivity contribution >= 4 is 11.9 Å². The lowest BCUT2D eigenvalue weighted by Gasteiger charge is -2.54.